The molecule has 0 radical (unpaired) electrons. The van der Waals surface area contributed by atoms with Crippen molar-refractivity contribution in [2.75, 3.05) is 5.32 Å². The van der Waals surface area contributed by atoms with Crippen LogP contribution >= 0.6 is 0 Å². The summed E-state index contributed by atoms with van der Waals surface area (Å²) in [6, 6.07) is 18.3. The fraction of sp³-hybridized carbons (Fsp3) is 0.0667. The summed E-state index contributed by atoms with van der Waals surface area (Å²) >= 11 is 0. The molecule has 84 valence electrons. The number of fused-ring (bicyclic) bond motifs is 1. The minimum atomic E-state index is 0.779. The van der Waals surface area contributed by atoms with Crippen molar-refractivity contribution in [3.63, 3.8) is 0 Å². The Morgan fingerprint density at radius 2 is 1.65 bits per heavy atom. The van der Waals surface area contributed by atoms with Gasteiger partial charge >= 0.3 is 0 Å². The molecule has 0 aliphatic rings. The summed E-state index contributed by atoms with van der Waals surface area (Å²) in [4.78, 5) is 0. The van der Waals surface area contributed by atoms with Crippen molar-refractivity contribution in [2.24, 2.45) is 0 Å². The Hall–Kier alpha value is -2.22. The van der Waals surface area contributed by atoms with Gasteiger partial charge in [-0.25, -0.2) is 0 Å². The van der Waals surface area contributed by atoms with Gasteiger partial charge in [-0.15, -0.1) is 0 Å². The first-order valence-electron chi connectivity index (χ1n) is 5.67. The lowest BCUT2D eigenvalue weighted by atomic mass is 10.2. The smallest absolute Gasteiger partial charge is 0.134 e. The average Bonchev–Trinajstić information content (AvgIpc) is 2.81. The van der Waals surface area contributed by atoms with E-state index in [1.807, 2.05) is 42.7 Å². The van der Waals surface area contributed by atoms with Gasteiger partial charge in [0.25, 0.3) is 0 Å². The molecule has 0 saturated carbocycles. The predicted octanol–water partition coefficient (Wildman–Crippen LogP) is 4.04. The van der Waals surface area contributed by atoms with Gasteiger partial charge in [-0.1, -0.05) is 36.4 Å². The van der Waals surface area contributed by atoms with E-state index in [1.165, 1.54) is 10.9 Å². The molecule has 1 heterocycles. The molecule has 2 nitrogen and oxygen atoms in total. The summed E-state index contributed by atoms with van der Waals surface area (Å²) < 4.78 is 5.50. The maximum Gasteiger partial charge on any atom is 0.134 e. The minimum Gasteiger partial charge on any atom is -0.464 e. The van der Waals surface area contributed by atoms with Crippen molar-refractivity contribution in [3.8, 4) is 0 Å². The van der Waals surface area contributed by atoms with E-state index in [0.29, 0.717) is 0 Å². The number of anilines is 1. The summed E-state index contributed by atoms with van der Waals surface area (Å²) in [6.45, 7) is 0.779. The number of hydrogen-bond acceptors (Lipinski definition) is 2. The van der Waals surface area contributed by atoms with Crippen molar-refractivity contribution in [2.45, 2.75) is 6.54 Å². The van der Waals surface area contributed by atoms with Crippen molar-refractivity contribution in [3.05, 3.63) is 66.4 Å². The molecule has 3 aromatic rings. The van der Waals surface area contributed by atoms with Crippen LogP contribution in [0, 0.1) is 0 Å². The van der Waals surface area contributed by atoms with Crippen LogP contribution < -0.4 is 5.32 Å². The van der Waals surface area contributed by atoms with Crippen LogP contribution in [0.1, 0.15) is 5.56 Å². The number of para-hydroxylation sites is 2. The lowest BCUT2D eigenvalue weighted by Crippen LogP contribution is -1.97. The van der Waals surface area contributed by atoms with Crippen LogP contribution in [0.3, 0.4) is 0 Å². The molecule has 0 saturated heterocycles. The maximum atomic E-state index is 5.50. The molecule has 17 heavy (non-hydrogen) atoms. The Kier molecular flexibility index (Phi) is 2.54. The number of rotatable bonds is 3. The Balaban J connectivity index is 1.82. The van der Waals surface area contributed by atoms with E-state index in [9.17, 15) is 0 Å². The van der Waals surface area contributed by atoms with Gasteiger partial charge in [-0.2, -0.15) is 0 Å². The maximum absolute atomic E-state index is 5.50. The van der Waals surface area contributed by atoms with Crippen molar-refractivity contribution < 1.29 is 4.42 Å². The lowest BCUT2D eigenvalue weighted by Gasteiger charge is -2.04. The third-order valence-corrected chi connectivity index (χ3v) is 2.82. The minimum absolute atomic E-state index is 0.779. The highest BCUT2D eigenvalue weighted by molar-refractivity contribution is 5.81. The molecule has 1 aromatic heterocycles. The van der Waals surface area contributed by atoms with Crippen LogP contribution in [0.25, 0.3) is 11.0 Å². The van der Waals surface area contributed by atoms with E-state index in [1.54, 1.807) is 0 Å². The second kappa shape index (κ2) is 4.34. The third kappa shape index (κ3) is 2.02. The van der Waals surface area contributed by atoms with E-state index in [4.69, 9.17) is 4.42 Å². The Morgan fingerprint density at radius 3 is 2.53 bits per heavy atom. The third-order valence-electron chi connectivity index (χ3n) is 2.82. The molecule has 0 spiro atoms. The molecule has 0 unspecified atom stereocenters. The van der Waals surface area contributed by atoms with Gasteiger partial charge in [0.15, 0.2) is 0 Å². The summed E-state index contributed by atoms with van der Waals surface area (Å²) in [5.41, 5.74) is 3.25. The second-order valence-electron chi connectivity index (χ2n) is 3.98. The van der Waals surface area contributed by atoms with E-state index in [0.717, 1.165) is 17.8 Å². The second-order valence-corrected chi connectivity index (χ2v) is 3.98. The topological polar surface area (TPSA) is 25.2 Å². The summed E-state index contributed by atoms with van der Waals surface area (Å²) in [5, 5.41) is 4.56. The number of furan rings is 1. The van der Waals surface area contributed by atoms with E-state index in [-0.39, 0.29) is 0 Å². The van der Waals surface area contributed by atoms with Gasteiger partial charge in [0.2, 0.25) is 0 Å². The van der Waals surface area contributed by atoms with Gasteiger partial charge in [-0.3, -0.25) is 0 Å². The van der Waals surface area contributed by atoms with Crippen molar-refractivity contribution in [1.82, 2.24) is 0 Å². The molecule has 0 fully saturated rings. The van der Waals surface area contributed by atoms with Gasteiger partial charge in [0, 0.05) is 23.2 Å². The Labute approximate surface area is 99.9 Å². The molecule has 2 aromatic carbocycles. The normalized spacial score (nSPS) is 10.6. The van der Waals surface area contributed by atoms with Gasteiger partial charge in [0.1, 0.15) is 5.58 Å². The number of hydrogen-bond donors (Lipinski definition) is 1. The van der Waals surface area contributed by atoms with Crippen molar-refractivity contribution in [1.29, 1.82) is 0 Å². The lowest BCUT2D eigenvalue weighted by molar-refractivity contribution is 0.611. The zero-order valence-electron chi connectivity index (χ0n) is 9.39. The standard InChI is InChI=1S/C15H13NO/c1-2-6-13(7-3-1)16-10-12-11-17-15-9-5-4-8-14(12)15/h1-9,11,16H,10H2. The van der Waals surface area contributed by atoms with Crippen LogP contribution in [-0.2, 0) is 6.54 Å². The van der Waals surface area contributed by atoms with Gasteiger partial charge in [0.05, 0.1) is 6.26 Å². The average molecular weight is 223 g/mol. The first-order valence-corrected chi connectivity index (χ1v) is 5.67. The van der Waals surface area contributed by atoms with Crippen LogP contribution in [-0.4, -0.2) is 0 Å². The van der Waals surface area contributed by atoms with E-state index < -0.39 is 0 Å². The number of benzene rings is 2. The molecule has 1 N–H and O–H groups in total. The quantitative estimate of drug-likeness (QED) is 0.724. The van der Waals surface area contributed by atoms with E-state index in [2.05, 4.69) is 23.5 Å². The van der Waals surface area contributed by atoms with Crippen LogP contribution in [0.5, 0.6) is 0 Å². The molecule has 0 aliphatic heterocycles. The fourth-order valence-corrected chi connectivity index (χ4v) is 1.92. The molecule has 0 amide bonds. The molecular weight excluding hydrogens is 210 g/mol. The monoisotopic (exact) mass is 223 g/mol. The SMILES string of the molecule is c1ccc(NCc2coc3ccccc23)cc1. The zero-order valence-corrected chi connectivity index (χ0v) is 9.39. The molecule has 3 rings (SSSR count). The molecule has 0 aliphatic carbocycles. The first-order chi connectivity index (χ1) is 8.43. The summed E-state index contributed by atoms with van der Waals surface area (Å²) in [7, 11) is 0. The largest absolute Gasteiger partial charge is 0.464 e. The summed E-state index contributed by atoms with van der Waals surface area (Å²) in [6.07, 6.45) is 1.82. The Bertz CT molecular complexity index is 613. The summed E-state index contributed by atoms with van der Waals surface area (Å²) in [5.74, 6) is 0. The fourth-order valence-electron chi connectivity index (χ4n) is 1.92. The van der Waals surface area contributed by atoms with Gasteiger partial charge in [-0.05, 0) is 18.2 Å². The van der Waals surface area contributed by atoms with Crippen LogP contribution in [0.15, 0.2) is 65.3 Å². The highest BCUT2D eigenvalue weighted by Crippen LogP contribution is 2.21. The molecule has 0 atom stereocenters. The van der Waals surface area contributed by atoms with Crippen LogP contribution in [0.4, 0.5) is 5.69 Å². The first kappa shape index (κ1) is 9.97. The molecule has 0 bridgehead atoms. The van der Waals surface area contributed by atoms with Crippen LogP contribution in [0.2, 0.25) is 0 Å². The number of nitrogens with one attached hydrogen (secondary N) is 1. The highest BCUT2D eigenvalue weighted by atomic mass is 16.3. The highest BCUT2D eigenvalue weighted by Gasteiger charge is 2.03. The van der Waals surface area contributed by atoms with E-state index >= 15 is 0 Å². The molecular formula is C15H13NO. The predicted molar refractivity (Wildman–Crippen MR) is 70.0 cm³/mol. The van der Waals surface area contributed by atoms with Crippen molar-refractivity contribution >= 4 is 16.7 Å². The Morgan fingerprint density at radius 1 is 0.882 bits per heavy atom. The van der Waals surface area contributed by atoms with Gasteiger partial charge < -0.3 is 9.73 Å². The zero-order chi connectivity index (χ0) is 11.5. The molecule has 2 heteroatoms.